The summed E-state index contributed by atoms with van der Waals surface area (Å²) in [6.45, 7) is 1.14. The van der Waals surface area contributed by atoms with Gasteiger partial charge in [-0.2, -0.15) is 0 Å². The molecule has 19 heavy (non-hydrogen) atoms. The Bertz CT molecular complexity index is 563. The molecule has 0 saturated heterocycles. The van der Waals surface area contributed by atoms with E-state index in [2.05, 4.69) is 22.6 Å². The van der Waals surface area contributed by atoms with Gasteiger partial charge in [0.15, 0.2) is 5.76 Å². The molecule has 1 aromatic carbocycles. The van der Waals surface area contributed by atoms with E-state index < -0.39 is 0 Å². The van der Waals surface area contributed by atoms with Gasteiger partial charge in [-0.1, -0.05) is 11.2 Å². The van der Waals surface area contributed by atoms with E-state index in [1.54, 1.807) is 0 Å². The fourth-order valence-corrected chi connectivity index (χ4v) is 2.48. The van der Waals surface area contributed by atoms with Crippen molar-refractivity contribution in [1.29, 1.82) is 0 Å². The minimum atomic E-state index is 0.426. The van der Waals surface area contributed by atoms with Crippen LogP contribution in [0.1, 0.15) is 29.0 Å². The number of benzene rings is 1. The number of fused-ring (bicyclic) bond motifs is 1. The van der Waals surface area contributed by atoms with Crippen LogP contribution in [-0.2, 0) is 26.0 Å². The zero-order chi connectivity index (χ0) is 13.1. The number of nitrogens with zero attached hydrogens (tertiary/aromatic N) is 1. The molecule has 1 aliphatic rings. The lowest BCUT2D eigenvalue weighted by Gasteiger charge is -2.06. The number of nitrogens with one attached hydrogen (secondary N) is 1. The molecule has 0 saturated carbocycles. The monoisotopic (exact) mass is 258 g/mol. The van der Waals surface area contributed by atoms with Gasteiger partial charge >= 0.3 is 0 Å². The van der Waals surface area contributed by atoms with Gasteiger partial charge in [0.05, 0.1) is 5.69 Å². The second-order valence-electron chi connectivity index (χ2n) is 4.89. The minimum Gasteiger partial charge on any atom is -0.486 e. The van der Waals surface area contributed by atoms with Crippen LogP contribution in [0.2, 0.25) is 0 Å². The highest BCUT2D eigenvalue weighted by Crippen LogP contribution is 2.26. The molecular weight excluding hydrogens is 240 g/mol. The lowest BCUT2D eigenvalue weighted by Crippen LogP contribution is -2.04. The molecule has 1 aliphatic carbocycles. The number of aromatic nitrogens is 1. The van der Waals surface area contributed by atoms with Crippen molar-refractivity contribution in [3.8, 4) is 5.75 Å². The Morgan fingerprint density at radius 1 is 1.26 bits per heavy atom. The molecule has 4 heteroatoms. The molecule has 0 bridgehead atoms. The van der Waals surface area contributed by atoms with E-state index in [9.17, 15) is 0 Å². The SMILES string of the molecule is CNCc1cc(COc2ccc3c(c2)CCC3)on1. The van der Waals surface area contributed by atoms with Gasteiger partial charge in [0.2, 0.25) is 0 Å². The Kier molecular flexibility index (Phi) is 3.51. The zero-order valence-corrected chi connectivity index (χ0v) is 11.1. The topological polar surface area (TPSA) is 47.3 Å². The number of rotatable bonds is 5. The predicted octanol–water partition coefficient (Wildman–Crippen LogP) is 2.46. The molecule has 100 valence electrons. The van der Waals surface area contributed by atoms with E-state index in [-0.39, 0.29) is 0 Å². The highest BCUT2D eigenvalue weighted by molar-refractivity contribution is 5.38. The molecule has 0 radical (unpaired) electrons. The van der Waals surface area contributed by atoms with Crippen molar-refractivity contribution < 1.29 is 9.26 Å². The highest BCUT2D eigenvalue weighted by Gasteiger charge is 2.11. The predicted molar refractivity (Wildman–Crippen MR) is 72.1 cm³/mol. The Hall–Kier alpha value is -1.81. The number of aryl methyl sites for hydroxylation is 2. The first-order valence-electron chi connectivity index (χ1n) is 6.69. The van der Waals surface area contributed by atoms with Crippen LogP contribution < -0.4 is 10.1 Å². The van der Waals surface area contributed by atoms with Gasteiger partial charge < -0.3 is 14.6 Å². The van der Waals surface area contributed by atoms with Gasteiger partial charge in [0.1, 0.15) is 12.4 Å². The van der Waals surface area contributed by atoms with Crippen LogP contribution in [0, 0.1) is 0 Å². The van der Waals surface area contributed by atoms with Crippen LogP contribution in [-0.4, -0.2) is 12.2 Å². The lowest BCUT2D eigenvalue weighted by atomic mass is 10.1. The van der Waals surface area contributed by atoms with Crippen LogP contribution in [0.15, 0.2) is 28.8 Å². The van der Waals surface area contributed by atoms with Crippen LogP contribution in [0.5, 0.6) is 5.75 Å². The summed E-state index contributed by atoms with van der Waals surface area (Å²) in [6, 6.07) is 8.27. The molecule has 0 amide bonds. The summed E-state index contributed by atoms with van der Waals surface area (Å²) in [7, 11) is 1.88. The minimum absolute atomic E-state index is 0.426. The molecule has 0 unspecified atom stereocenters. The number of hydrogen-bond acceptors (Lipinski definition) is 4. The number of ether oxygens (including phenoxy) is 1. The van der Waals surface area contributed by atoms with Crippen molar-refractivity contribution >= 4 is 0 Å². The van der Waals surface area contributed by atoms with E-state index in [0.717, 1.165) is 17.2 Å². The molecule has 1 N–H and O–H groups in total. The molecule has 2 aromatic rings. The molecule has 0 spiro atoms. The summed E-state index contributed by atoms with van der Waals surface area (Å²) >= 11 is 0. The molecule has 0 fully saturated rings. The lowest BCUT2D eigenvalue weighted by molar-refractivity contribution is 0.248. The quantitative estimate of drug-likeness (QED) is 0.895. The molecule has 1 heterocycles. The van der Waals surface area contributed by atoms with Crippen molar-refractivity contribution in [2.45, 2.75) is 32.4 Å². The van der Waals surface area contributed by atoms with Gasteiger partial charge in [0, 0.05) is 12.6 Å². The van der Waals surface area contributed by atoms with E-state index in [4.69, 9.17) is 9.26 Å². The third-order valence-electron chi connectivity index (χ3n) is 3.42. The van der Waals surface area contributed by atoms with Crippen LogP contribution in [0.4, 0.5) is 0 Å². The van der Waals surface area contributed by atoms with Crippen LogP contribution in [0.25, 0.3) is 0 Å². The maximum Gasteiger partial charge on any atom is 0.174 e. The zero-order valence-electron chi connectivity index (χ0n) is 11.1. The summed E-state index contributed by atoms with van der Waals surface area (Å²) in [4.78, 5) is 0. The van der Waals surface area contributed by atoms with Crippen molar-refractivity contribution in [2.75, 3.05) is 7.05 Å². The van der Waals surface area contributed by atoms with Crippen LogP contribution in [0.3, 0.4) is 0 Å². The average Bonchev–Trinajstić information content (AvgIpc) is 3.04. The average molecular weight is 258 g/mol. The molecule has 1 aromatic heterocycles. The van der Waals surface area contributed by atoms with Crippen molar-refractivity contribution in [1.82, 2.24) is 10.5 Å². The number of hydrogen-bond donors (Lipinski definition) is 1. The van der Waals surface area contributed by atoms with E-state index in [1.807, 2.05) is 19.2 Å². The van der Waals surface area contributed by atoms with Crippen molar-refractivity contribution in [3.63, 3.8) is 0 Å². The standard InChI is InChI=1S/C15H18N2O2/c1-16-9-13-8-15(19-17-13)10-18-14-6-5-11-3-2-4-12(11)7-14/h5-8,16H,2-4,9-10H2,1H3. The maximum absolute atomic E-state index is 5.75. The van der Waals surface area contributed by atoms with Crippen molar-refractivity contribution in [2.24, 2.45) is 0 Å². The van der Waals surface area contributed by atoms with Gasteiger partial charge in [-0.05, 0) is 49.6 Å². The maximum atomic E-state index is 5.75. The molecular formula is C15H18N2O2. The van der Waals surface area contributed by atoms with E-state index in [1.165, 1.54) is 30.4 Å². The first-order chi connectivity index (χ1) is 9.35. The fourth-order valence-electron chi connectivity index (χ4n) is 2.48. The normalized spacial score (nSPS) is 13.5. The summed E-state index contributed by atoms with van der Waals surface area (Å²) in [5.74, 6) is 1.66. The summed E-state index contributed by atoms with van der Waals surface area (Å²) < 4.78 is 11.0. The van der Waals surface area contributed by atoms with Gasteiger partial charge in [-0.25, -0.2) is 0 Å². The summed E-state index contributed by atoms with van der Waals surface area (Å²) in [6.07, 6.45) is 3.63. The van der Waals surface area contributed by atoms with Gasteiger partial charge in [-0.15, -0.1) is 0 Å². The Balaban J connectivity index is 1.62. The van der Waals surface area contributed by atoms with Gasteiger partial charge in [0.25, 0.3) is 0 Å². The summed E-state index contributed by atoms with van der Waals surface area (Å²) in [5.41, 5.74) is 3.78. The molecule has 0 atom stereocenters. The third kappa shape index (κ3) is 2.79. The largest absolute Gasteiger partial charge is 0.486 e. The van der Waals surface area contributed by atoms with E-state index >= 15 is 0 Å². The molecule has 3 rings (SSSR count). The Morgan fingerprint density at radius 2 is 2.16 bits per heavy atom. The van der Waals surface area contributed by atoms with E-state index in [0.29, 0.717) is 13.2 Å². The first-order valence-corrected chi connectivity index (χ1v) is 6.69. The summed E-state index contributed by atoms with van der Waals surface area (Å²) in [5, 5.41) is 6.99. The Labute approximate surface area is 112 Å². The highest BCUT2D eigenvalue weighted by atomic mass is 16.5. The van der Waals surface area contributed by atoms with Crippen LogP contribution >= 0.6 is 0 Å². The Morgan fingerprint density at radius 3 is 3.05 bits per heavy atom. The molecule has 0 aliphatic heterocycles. The smallest absolute Gasteiger partial charge is 0.174 e. The third-order valence-corrected chi connectivity index (χ3v) is 3.42. The second-order valence-corrected chi connectivity index (χ2v) is 4.89. The molecule has 4 nitrogen and oxygen atoms in total. The fraction of sp³-hybridized carbons (Fsp3) is 0.400. The van der Waals surface area contributed by atoms with Crippen molar-refractivity contribution in [3.05, 3.63) is 46.8 Å². The van der Waals surface area contributed by atoms with Gasteiger partial charge in [-0.3, -0.25) is 0 Å². The first kappa shape index (κ1) is 12.2. The second kappa shape index (κ2) is 5.45.